The van der Waals surface area contributed by atoms with Gasteiger partial charge in [0, 0.05) is 9.26 Å². The third kappa shape index (κ3) is 2.77. The van der Waals surface area contributed by atoms with Crippen molar-refractivity contribution in [2.24, 2.45) is 0 Å². The van der Waals surface area contributed by atoms with E-state index in [9.17, 15) is 9.90 Å². The Labute approximate surface area is 95.9 Å². The molecule has 3 nitrogen and oxygen atoms in total. The van der Waals surface area contributed by atoms with Crippen LogP contribution in [0.3, 0.4) is 0 Å². The minimum Gasteiger partial charge on any atom is -0.543 e. The zero-order valence-corrected chi connectivity index (χ0v) is 8.95. The van der Waals surface area contributed by atoms with Crippen molar-refractivity contribution in [1.29, 1.82) is 0 Å². The average molecular weight is 269 g/mol. The van der Waals surface area contributed by atoms with Gasteiger partial charge in [0.25, 0.3) is 0 Å². The summed E-state index contributed by atoms with van der Waals surface area (Å²) in [7, 11) is 0. The fraction of sp³-hybridized carbons (Fsp3) is 0.143. The molecule has 1 heterocycles. The molecule has 1 aromatic heterocycles. The summed E-state index contributed by atoms with van der Waals surface area (Å²) >= 11 is 1.91. The van der Waals surface area contributed by atoms with E-state index in [2.05, 4.69) is 4.98 Å². The quantitative estimate of drug-likeness (QED) is 0.414. The summed E-state index contributed by atoms with van der Waals surface area (Å²) < 4.78 is 0.605. The van der Waals surface area contributed by atoms with Crippen molar-refractivity contribution < 1.29 is 28.8 Å². The van der Waals surface area contributed by atoms with Crippen LogP contribution in [-0.2, 0) is 0 Å². The zero-order valence-electron chi connectivity index (χ0n) is 6.80. The van der Waals surface area contributed by atoms with Crippen molar-refractivity contribution in [3.05, 3.63) is 27.1 Å². The Morgan fingerprint density at radius 2 is 2.17 bits per heavy atom. The first-order chi connectivity index (χ1) is 5.11. The van der Waals surface area contributed by atoms with E-state index in [-0.39, 0.29) is 24.6 Å². The van der Waals surface area contributed by atoms with E-state index in [1.54, 1.807) is 19.1 Å². The van der Waals surface area contributed by atoms with Gasteiger partial charge in [-0.1, -0.05) is 0 Å². The van der Waals surface area contributed by atoms with E-state index < -0.39 is 5.97 Å². The van der Waals surface area contributed by atoms with E-state index in [0.717, 1.165) is 0 Å². The van der Waals surface area contributed by atoms with Gasteiger partial charge in [-0.05, 0) is 41.6 Å². The summed E-state index contributed by atoms with van der Waals surface area (Å²) in [5.41, 5.74) is 0.704. The Kier molecular flexibility index (Phi) is 4.83. The molecule has 0 aromatic carbocycles. The maximum atomic E-state index is 10.4. The molecule has 0 aliphatic heterocycles. The molecule has 1 aromatic rings. The third-order valence-electron chi connectivity index (χ3n) is 1.18. The molecule has 0 saturated carbocycles. The number of aryl methyl sites for hydroxylation is 1. The summed E-state index contributed by atoms with van der Waals surface area (Å²) in [6.07, 6.45) is 0. The van der Waals surface area contributed by atoms with Crippen molar-refractivity contribution in [1.82, 2.24) is 4.98 Å². The number of hydrogen-bond donors (Lipinski definition) is 0. The fourth-order valence-electron chi connectivity index (χ4n) is 0.683. The molecular formula is C7H5ILiNO2. The number of carboxylic acid groups (broad SMARTS) is 1. The molecule has 0 saturated heterocycles. The molecule has 1 rings (SSSR count). The molecule has 0 spiro atoms. The third-order valence-corrected chi connectivity index (χ3v) is 2.05. The van der Waals surface area contributed by atoms with Gasteiger partial charge in [-0.25, -0.2) is 0 Å². The van der Waals surface area contributed by atoms with Crippen molar-refractivity contribution >= 4 is 28.6 Å². The van der Waals surface area contributed by atoms with Gasteiger partial charge in [0.1, 0.15) is 0 Å². The van der Waals surface area contributed by atoms with Crippen molar-refractivity contribution in [3.8, 4) is 0 Å². The van der Waals surface area contributed by atoms with Crippen LogP contribution in [0.15, 0.2) is 12.1 Å². The van der Waals surface area contributed by atoms with E-state index in [1.165, 1.54) is 0 Å². The van der Waals surface area contributed by atoms with Crippen molar-refractivity contribution in [2.45, 2.75) is 6.92 Å². The zero-order chi connectivity index (χ0) is 8.43. The van der Waals surface area contributed by atoms with E-state index >= 15 is 0 Å². The number of carbonyl (C=O) groups is 1. The number of rotatable bonds is 1. The monoisotopic (exact) mass is 269 g/mol. The number of halogens is 1. The van der Waals surface area contributed by atoms with Gasteiger partial charge < -0.3 is 9.90 Å². The standard InChI is InChI=1S/C7H6INO2.Li/c1-4-2-3-5(8)6(9-4)7(10)11;/h2-3H,1H3,(H,10,11);/q;+1/p-1. The van der Waals surface area contributed by atoms with Gasteiger partial charge in [0.05, 0.1) is 11.7 Å². The number of carbonyl (C=O) groups excluding carboxylic acids is 1. The second-order valence-electron chi connectivity index (χ2n) is 2.07. The van der Waals surface area contributed by atoms with Crippen LogP contribution in [0.1, 0.15) is 16.2 Å². The Bertz CT molecular complexity index is 303. The summed E-state index contributed by atoms with van der Waals surface area (Å²) in [5.74, 6) is -1.22. The second kappa shape index (κ2) is 4.85. The number of aromatic nitrogens is 1. The van der Waals surface area contributed by atoms with Crippen LogP contribution in [0.2, 0.25) is 0 Å². The minimum atomic E-state index is -1.22. The largest absolute Gasteiger partial charge is 1.00 e. The van der Waals surface area contributed by atoms with Crippen LogP contribution in [0.4, 0.5) is 0 Å². The van der Waals surface area contributed by atoms with Gasteiger partial charge in [0.15, 0.2) is 0 Å². The van der Waals surface area contributed by atoms with Crippen LogP contribution < -0.4 is 24.0 Å². The van der Waals surface area contributed by atoms with Crippen molar-refractivity contribution in [2.75, 3.05) is 0 Å². The van der Waals surface area contributed by atoms with E-state index in [4.69, 9.17) is 0 Å². The molecule has 0 N–H and O–H groups in total. The summed E-state index contributed by atoms with van der Waals surface area (Å²) in [4.78, 5) is 14.2. The smallest absolute Gasteiger partial charge is 0.543 e. The molecule has 12 heavy (non-hydrogen) atoms. The molecule has 0 atom stereocenters. The molecular weight excluding hydrogens is 264 g/mol. The Morgan fingerprint density at radius 1 is 1.58 bits per heavy atom. The number of aromatic carboxylic acids is 1. The second-order valence-corrected chi connectivity index (χ2v) is 3.23. The molecule has 0 radical (unpaired) electrons. The van der Waals surface area contributed by atoms with E-state index in [0.29, 0.717) is 9.26 Å². The van der Waals surface area contributed by atoms with Gasteiger partial charge in [0.2, 0.25) is 0 Å². The van der Waals surface area contributed by atoms with E-state index in [1.807, 2.05) is 22.6 Å². The topological polar surface area (TPSA) is 53.0 Å². The van der Waals surface area contributed by atoms with Gasteiger partial charge in [-0.15, -0.1) is 0 Å². The Balaban J connectivity index is 0.00000121. The molecule has 0 bridgehead atoms. The predicted octanol–water partition coefficient (Wildman–Crippen LogP) is -2.64. The number of hydrogen-bond acceptors (Lipinski definition) is 3. The molecule has 0 amide bonds. The summed E-state index contributed by atoms with van der Waals surface area (Å²) in [6.45, 7) is 1.74. The minimum absolute atomic E-state index is 0. The summed E-state index contributed by atoms with van der Waals surface area (Å²) in [6, 6.07) is 3.46. The number of carboxylic acids is 1. The molecule has 5 heteroatoms. The van der Waals surface area contributed by atoms with Crippen LogP contribution in [-0.4, -0.2) is 11.0 Å². The Morgan fingerprint density at radius 3 is 2.58 bits per heavy atom. The maximum absolute atomic E-state index is 10.4. The first kappa shape index (κ1) is 11.9. The van der Waals surface area contributed by atoms with Crippen LogP contribution >= 0.6 is 22.6 Å². The number of pyridine rings is 1. The molecule has 0 fully saturated rings. The summed E-state index contributed by atoms with van der Waals surface area (Å²) in [5, 5.41) is 10.4. The maximum Gasteiger partial charge on any atom is 1.00 e. The van der Waals surface area contributed by atoms with Crippen LogP contribution in [0.5, 0.6) is 0 Å². The first-order valence-corrected chi connectivity index (χ1v) is 4.03. The SMILES string of the molecule is Cc1ccc(I)c(C(=O)[O-])n1.[Li+]. The van der Waals surface area contributed by atoms with Gasteiger partial charge in [-0.3, -0.25) is 4.98 Å². The van der Waals surface area contributed by atoms with Gasteiger partial charge >= 0.3 is 18.9 Å². The van der Waals surface area contributed by atoms with Crippen molar-refractivity contribution in [3.63, 3.8) is 0 Å². The fourth-order valence-corrected chi connectivity index (χ4v) is 1.20. The molecule has 0 unspecified atom stereocenters. The van der Waals surface area contributed by atoms with Gasteiger partial charge in [-0.2, -0.15) is 0 Å². The molecule has 0 aliphatic carbocycles. The van der Waals surface area contributed by atoms with Crippen LogP contribution in [0, 0.1) is 10.5 Å². The molecule has 58 valence electrons. The first-order valence-electron chi connectivity index (χ1n) is 2.96. The van der Waals surface area contributed by atoms with Crippen LogP contribution in [0.25, 0.3) is 0 Å². The normalized spacial score (nSPS) is 8.83. The predicted molar refractivity (Wildman–Crippen MR) is 46.0 cm³/mol. The number of nitrogens with zero attached hydrogens (tertiary/aromatic N) is 1. The average Bonchev–Trinajstić information content (AvgIpc) is 1.94. The Hall–Kier alpha value is -0.0526. The molecule has 0 aliphatic rings.